The summed E-state index contributed by atoms with van der Waals surface area (Å²) in [4.78, 5) is 13.2. The number of methoxy groups -OCH3 is 1. The second kappa shape index (κ2) is 5.80. The second-order valence-electron chi connectivity index (χ2n) is 3.71. The van der Waals surface area contributed by atoms with E-state index >= 15 is 0 Å². The number of hydrogen-bond donors (Lipinski definition) is 0. The van der Waals surface area contributed by atoms with Crippen LogP contribution in [0.1, 0.15) is 31.6 Å². The molecule has 1 aromatic heterocycles. The highest BCUT2D eigenvalue weighted by molar-refractivity contribution is 7.16. The average Bonchev–Trinajstić information content (AvgIpc) is 2.67. The lowest BCUT2D eigenvalue weighted by atomic mass is 9.90. The van der Waals surface area contributed by atoms with E-state index in [4.69, 9.17) is 16.3 Å². The van der Waals surface area contributed by atoms with Crippen molar-refractivity contribution in [3.63, 3.8) is 0 Å². The van der Waals surface area contributed by atoms with Crippen molar-refractivity contribution >= 4 is 28.7 Å². The van der Waals surface area contributed by atoms with E-state index in [0.29, 0.717) is 19.3 Å². The number of thiophene rings is 1. The molecule has 0 saturated carbocycles. The smallest absolute Gasteiger partial charge is 0.169 e. The minimum Gasteiger partial charge on any atom is -0.370 e. The second-order valence-corrected chi connectivity index (χ2v) is 5.51. The zero-order chi connectivity index (χ0) is 12.2. The molecule has 0 aliphatic carbocycles. The topological polar surface area (TPSA) is 26.3 Å². The zero-order valence-corrected chi connectivity index (χ0v) is 11.5. The molecule has 0 amide bonds. The van der Waals surface area contributed by atoms with Crippen molar-refractivity contribution in [1.82, 2.24) is 0 Å². The van der Waals surface area contributed by atoms with Gasteiger partial charge in [0.25, 0.3) is 0 Å². The van der Waals surface area contributed by atoms with E-state index in [-0.39, 0.29) is 5.78 Å². The van der Waals surface area contributed by atoms with Crippen LogP contribution in [0.5, 0.6) is 0 Å². The average molecular weight is 261 g/mol. The Kier molecular flexibility index (Phi) is 4.96. The fraction of sp³-hybridized carbons (Fsp3) is 0.583. The number of ketones is 1. The van der Waals surface area contributed by atoms with Crippen LogP contribution in [0.3, 0.4) is 0 Å². The molecule has 0 aliphatic heterocycles. The first-order chi connectivity index (χ1) is 7.57. The standard InChI is InChI=1S/C12H17ClO2S/c1-4-12(5-2,15-3)10(14)8-9-6-7-11(13)16-9/h6-7H,4-5,8H2,1-3H3. The first-order valence-electron chi connectivity index (χ1n) is 5.40. The van der Waals surface area contributed by atoms with Crippen molar-refractivity contribution in [3.8, 4) is 0 Å². The Labute approximate surface area is 106 Å². The number of carbonyl (C=O) groups is 1. The molecule has 1 heterocycles. The monoisotopic (exact) mass is 260 g/mol. The van der Waals surface area contributed by atoms with E-state index in [1.165, 1.54) is 11.3 Å². The van der Waals surface area contributed by atoms with Crippen LogP contribution >= 0.6 is 22.9 Å². The molecule has 0 unspecified atom stereocenters. The molecule has 0 atom stereocenters. The van der Waals surface area contributed by atoms with Crippen molar-refractivity contribution in [2.75, 3.05) is 7.11 Å². The summed E-state index contributed by atoms with van der Waals surface area (Å²) in [5.74, 6) is 0.138. The SMILES string of the molecule is CCC(CC)(OC)C(=O)Cc1ccc(Cl)s1. The number of halogens is 1. The van der Waals surface area contributed by atoms with Gasteiger partial charge in [-0.25, -0.2) is 0 Å². The molecule has 0 fully saturated rings. The summed E-state index contributed by atoms with van der Waals surface area (Å²) in [5, 5.41) is 0. The van der Waals surface area contributed by atoms with Crippen LogP contribution in [-0.2, 0) is 16.0 Å². The van der Waals surface area contributed by atoms with Crippen molar-refractivity contribution in [1.29, 1.82) is 0 Å². The molecule has 4 heteroatoms. The molecular weight excluding hydrogens is 244 g/mol. The molecular formula is C12H17ClO2S. The normalized spacial score (nSPS) is 11.8. The summed E-state index contributed by atoms with van der Waals surface area (Å²) in [6.07, 6.45) is 1.82. The Bertz CT molecular complexity index is 347. The summed E-state index contributed by atoms with van der Waals surface area (Å²) < 4.78 is 6.12. The molecule has 2 nitrogen and oxygen atoms in total. The number of rotatable bonds is 6. The predicted molar refractivity (Wildman–Crippen MR) is 68.4 cm³/mol. The van der Waals surface area contributed by atoms with E-state index < -0.39 is 5.60 Å². The Morgan fingerprint density at radius 3 is 2.44 bits per heavy atom. The van der Waals surface area contributed by atoms with Crippen molar-refractivity contribution in [3.05, 3.63) is 21.3 Å². The lowest BCUT2D eigenvalue weighted by molar-refractivity contribution is -0.141. The minimum absolute atomic E-state index is 0.138. The first kappa shape index (κ1) is 13.7. The van der Waals surface area contributed by atoms with Gasteiger partial charge in [0.05, 0.1) is 4.34 Å². The Hall–Kier alpha value is -0.380. The summed E-state index contributed by atoms with van der Waals surface area (Å²) in [6.45, 7) is 3.96. The molecule has 16 heavy (non-hydrogen) atoms. The molecule has 1 rings (SSSR count). The van der Waals surface area contributed by atoms with E-state index in [0.717, 1.165) is 9.21 Å². The van der Waals surface area contributed by atoms with Gasteiger partial charge in [-0.2, -0.15) is 0 Å². The molecule has 0 N–H and O–H groups in total. The number of ether oxygens (including phenoxy) is 1. The van der Waals surface area contributed by atoms with Crippen molar-refractivity contribution in [2.45, 2.75) is 38.7 Å². The summed E-state index contributed by atoms with van der Waals surface area (Å²) >= 11 is 7.29. The van der Waals surface area contributed by atoms with Crippen LogP contribution in [0.15, 0.2) is 12.1 Å². The van der Waals surface area contributed by atoms with Crippen LogP contribution in [-0.4, -0.2) is 18.5 Å². The highest BCUT2D eigenvalue weighted by Crippen LogP contribution is 2.27. The van der Waals surface area contributed by atoms with Gasteiger partial charge < -0.3 is 4.74 Å². The number of Topliss-reactive ketones (excluding diaryl/α,β-unsaturated/α-hetero) is 1. The Balaban J connectivity index is 2.77. The molecule has 0 radical (unpaired) electrons. The van der Waals surface area contributed by atoms with Gasteiger partial charge >= 0.3 is 0 Å². The van der Waals surface area contributed by atoms with Gasteiger partial charge in [-0.05, 0) is 25.0 Å². The molecule has 0 saturated heterocycles. The van der Waals surface area contributed by atoms with E-state index in [2.05, 4.69) is 0 Å². The molecule has 90 valence electrons. The summed E-state index contributed by atoms with van der Waals surface area (Å²) in [6, 6.07) is 3.72. The first-order valence-corrected chi connectivity index (χ1v) is 6.60. The summed E-state index contributed by atoms with van der Waals surface area (Å²) in [7, 11) is 1.60. The van der Waals surface area contributed by atoms with Gasteiger partial charge in [0, 0.05) is 18.4 Å². The Morgan fingerprint density at radius 2 is 2.06 bits per heavy atom. The van der Waals surface area contributed by atoms with Gasteiger partial charge in [-0.3, -0.25) is 4.79 Å². The number of hydrogen-bond acceptors (Lipinski definition) is 3. The molecule has 0 bridgehead atoms. The Morgan fingerprint density at radius 1 is 1.44 bits per heavy atom. The quantitative estimate of drug-likeness (QED) is 0.779. The van der Waals surface area contributed by atoms with Gasteiger partial charge in [0.2, 0.25) is 0 Å². The fourth-order valence-corrected chi connectivity index (χ4v) is 2.90. The maximum atomic E-state index is 12.2. The highest BCUT2D eigenvalue weighted by Gasteiger charge is 2.34. The van der Waals surface area contributed by atoms with E-state index in [9.17, 15) is 4.79 Å². The fourth-order valence-electron chi connectivity index (χ4n) is 1.81. The maximum Gasteiger partial charge on any atom is 0.169 e. The van der Waals surface area contributed by atoms with Crippen LogP contribution in [0.25, 0.3) is 0 Å². The third-order valence-electron chi connectivity index (χ3n) is 3.00. The van der Waals surface area contributed by atoms with Crippen LogP contribution < -0.4 is 0 Å². The van der Waals surface area contributed by atoms with Gasteiger partial charge in [0.1, 0.15) is 5.60 Å². The van der Waals surface area contributed by atoms with E-state index in [1.807, 2.05) is 26.0 Å². The summed E-state index contributed by atoms with van der Waals surface area (Å²) in [5.41, 5.74) is -0.629. The predicted octanol–water partition coefficient (Wildman–Crippen LogP) is 3.72. The third-order valence-corrected chi connectivity index (χ3v) is 4.24. The zero-order valence-electron chi connectivity index (χ0n) is 9.88. The molecule has 0 spiro atoms. The van der Waals surface area contributed by atoms with Crippen LogP contribution in [0.4, 0.5) is 0 Å². The van der Waals surface area contributed by atoms with Crippen molar-refractivity contribution < 1.29 is 9.53 Å². The lowest BCUT2D eigenvalue weighted by Crippen LogP contribution is -2.40. The largest absolute Gasteiger partial charge is 0.370 e. The molecule has 1 aromatic rings. The van der Waals surface area contributed by atoms with Crippen LogP contribution in [0.2, 0.25) is 4.34 Å². The van der Waals surface area contributed by atoms with E-state index in [1.54, 1.807) is 7.11 Å². The molecule has 0 aliphatic rings. The van der Waals surface area contributed by atoms with Gasteiger partial charge in [0.15, 0.2) is 5.78 Å². The minimum atomic E-state index is -0.629. The lowest BCUT2D eigenvalue weighted by Gasteiger charge is -2.28. The highest BCUT2D eigenvalue weighted by atomic mass is 35.5. The number of carbonyl (C=O) groups excluding carboxylic acids is 1. The molecule has 0 aromatic carbocycles. The van der Waals surface area contributed by atoms with Crippen molar-refractivity contribution in [2.24, 2.45) is 0 Å². The third kappa shape index (κ3) is 2.84. The maximum absolute atomic E-state index is 12.2. The van der Waals surface area contributed by atoms with Gasteiger partial charge in [-0.1, -0.05) is 25.4 Å². The van der Waals surface area contributed by atoms with Crippen LogP contribution in [0, 0.1) is 0 Å². The van der Waals surface area contributed by atoms with Gasteiger partial charge in [-0.15, -0.1) is 11.3 Å².